The minimum absolute atomic E-state index is 0.0221. The highest BCUT2D eigenvalue weighted by atomic mass is 35.5. The van der Waals surface area contributed by atoms with Gasteiger partial charge in [0, 0.05) is 17.9 Å². The molecule has 0 bridgehead atoms. The van der Waals surface area contributed by atoms with Gasteiger partial charge in [0.05, 0.1) is 6.10 Å². The summed E-state index contributed by atoms with van der Waals surface area (Å²) in [5.74, 6) is -2.33. The quantitative estimate of drug-likeness (QED) is 0.616. The Kier molecular flexibility index (Phi) is 6.84. The first-order valence-corrected chi connectivity index (χ1v) is 8.17. The van der Waals surface area contributed by atoms with E-state index in [0.29, 0.717) is 10.6 Å². The molecule has 0 aromatic heterocycles. The third kappa shape index (κ3) is 5.47. The van der Waals surface area contributed by atoms with Crippen molar-refractivity contribution in [2.24, 2.45) is 0 Å². The van der Waals surface area contributed by atoms with Crippen LogP contribution in [0.2, 0.25) is 5.02 Å². The maximum absolute atomic E-state index is 12.0. The van der Waals surface area contributed by atoms with Gasteiger partial charge in [0.2, 0.25) is 11.6 Å². The second-order valence-electron chi connectivity index (χ2n) is 5.78. The van der Waals surface area contributed by atoms with E-state index in [9.17, 15) is 24.9 Å². The van der Waals surface area contributed by atoms with E-state index in [-0.39, 0.29) is 12.8 Å². The fourth-order valence-electron chi connectivity index (χ4n) is 2.39. The molecule has 6 heteroatoms. The number of rotatable bonds is 8. The molecule has 0 saturated heterocycles. The van der Waals surface area contributed by atoms with Gasteiger partial charge >= 0.3 is 0 Å². The number of aliphatic hydroxyl groups is 3. The molecule has 0 saturated carbocycles. The van der Waals surface area contributed by atoms with Crippen LogP contribution in [0.3, 0.4) is 0 Å². The first kappa shape index (κ1) is 19.3. The van der Waals surface area contributed by atoms with E-state index >= 15 is 0 Å². The van der Waals surface area contributed by atoms with E-state index in [1.54, 1.807) is 54.6 Å². The van der Waals surface area contributed by atoms with Crippen LogP contribution in [-0.2, 0) is 22.4 Å². The fraction of sp³-hybridized carbons (Fsp3) is 0.263. The van der Waals surface area contributed by atoms with Crippen LogP contribution in [-0.4, -0.2) is 45.2 Å². The lowest BCUT2D eigenvalue weighted by Crippen LogP contribution is -2.43. The van der Waals surface area contributed by atoms with Crippen molar-refractivity contribution in [2.75, 3.05) is 0 Å². The molecule has 132 valence electrons. The van der Waals surface area contributed by atoms with Gasteiger partial charge in [-0.25, -0.2) is 0 Å². The average molecular weight is 363 g/mol. The zero-order valence-corrected chi connectivity index (χ0v) is 14.1. The van der Waals surface area contributed by atoms with Crippen LogP contribution >= 0.6 is 11.6 Å². The Hall–Kier alpha value is -2.05. The van der Waals surface area contributed by atoms with Gasteiger partial charge in [-0.3, -0.25) is 9.59 Å². The molecule has 0 spiro atoms. The average Bonchev–Trinajstić information content (AvgIpc) is 2.62. The van der Waals surface area contributed by atoms with E-state index in [2.05, 4.69) is 0 Å². The summed E-state index contributed by atoms with van der Waals surface area (Å²) in [6.45, 7) is 0. The Labute approximate surface area is 150 Å². The first-order valence-electron chi connectivity index (χ1n) is 7.79. The molecule has 2 unspecified atom stereocenters. The van der Waals surface area contributed by atoms with Crippen LogP contribution in [0.5, 0.6) is 0 Å². The van der Waals surface area contributed by atoms with Gasteiger partial charge < -0.3 is 15.3 Å². The maximum atomic E-state index is 12.0. The predicted molar refractivity (Wildman–Crippen MR) is 93.3 cm³/mol. The molecule has 2 rings (SSSR count). The second kappa shape index (κ2) is 8.87. The van der Waals surface area contributed by atoms with Crippen molar-refractivity contribution in [1.82, 2.24) is 0 Å². The molecule has 0 aliphatic rings. The highest BCUT2D eigenvalue weighted by molar-refractivity contribution is 6.40. The third-order valence-corrected chi connectivity index (χ3v) is 4.06. The molecule has 3 N–H and O–H groups in total. The third-order valence-electron chi connectivity index (χ3n) is 3.81. The molecule has 0 heterocycles. The fourth-order valence-corrected chi connectivity index (χ4v) is 2.51. The molecule has 0 aliphatic heterocycles. The lowest BCUT2D eigenvalue weighted by Gasteiger charge is -2.18. The van der Waals surface area contributed by atoms with Crippen LogP contribution in [0.25, 0.3) is 0 Å². The van der Waals surface area contributed by atoms with Crippen LogP contribution in [0, 0.1) is 0 Å². The van der Waals surface area contributed by atoms with E-state index < -0.39 is 29.9 Å². The van der Waals surface area contributed by atoms with Crippen molar-refractivity contribution >= 4 is 23.2 Å². The normalized spacial score (nSPS) is 14.6. The first-order chi connectivity index (χ1) is 11.9. The molecule has 0 fully saturated rings. The van der Waals surface area contributed by atoms with E-state index in [1.165, 1.54) is 0 Å². The molecule has 5 nitrogen and oxygen atoms in total. The molecule has 2 aromatic rings. The number of hydrogen-bond acceptors (Lipinski definition) is 5. The summed E-state index contributed by atoms with van der Waals surface area (Å²) < 4.78 is 0. The van der Waals surface area contributed by atoms with Gasteiger partial charge in [-0.05, 0) is 23.3 Å². The molecule has 0 amide bonds. The zero-order valence-electron chi connectivity index (χ0n) is 13.4. The summed E-state index contributed by atoms with van der Waals surface area (Å²) in [5.41, 5.74) is 1.34. The van der Waals surface area contributed by atoms with E-state index in [4.69, 9.17) is 11.6 Å². The highest BCUT2D eigenvalue weighted by Crippen LogP contribution is 2.13. The topological polar surface area (TPSA) is 94.8 Å². The Morgan fingerprint density at radius 3 is 1.96 bits per heavy atom. The highest BCUT2D eigenvalue weighted by Gasteiger charge is 2.33. The SMILES string of the molecule is O=C(C(=O)[C@H](O)C(O)Cc1ccccc1)C(O)Cc1ccc(Cl)cc1. The zero-order chi connectivity index (χ0) is 18.4. The predicted octanol–water partition coefficient (Wildman–Crippen LogP) is 1.35. The van der Waals surface area contributed by atoms with Crippen LogP contribution in [0.4, 0.5) is 0 Å². The van der Waals surface area contributed by atoms with E-state index in [1.807, 2.05) is 0 Å². The second-order valence-corrected chi connectivity index (χ2v) is 6.21. The Morgan fingerprint density at radius 2 is 1.36 bits per heavy atom. The molecular formula is C19H19ClO5. The van der Waals surface area contributed by atoms with Gasteiger partial charge in [-0.15, -0.1) is 0 Å². The number of Topliss-reactive ketones (excluding diaryl/α,β-unsaturated/α-hetero) is 2. The summed E-state index contributed by atoms with van der Waals surface area (Å²) in [6.07, 6.45) is -4.96. The number of hydrogen-bond donors (Lipinski definition) is 3. The molecule has 3 atom stereocenters. The van der Waals surface area contributed by atoms with Gasteiger partial charge in [0.15, 0.2) is 0 Å². The lowest BCUT2D eigenvalue weighted by atomic mass is 9.95. The summed E-state index contributed by atoms with van der Waals surface area (Å²) in [4.78, 5) is 24.0. The summed E-state index contributed by atoms with van der Waals surface area (Å²) >= 11 is 5.76. The smallest absolute Gasteiger partial charge is 0.232 e. The van der Waals surface area contributed by atoms with Crippen LogP contribution in [0.1, 0.15) is 11.1 Å². The van der Waals surface area contributed by atoms with Gasteiger partial charge in [-0.2, -0.15) is 0 Å². The lowest BCUT2D eigenvalue weighted by molar-refractivity contribution is -0.149. The number of ketones is 2. The number of carbonyl (C=O) groups excluding carboxylic acids is 2. The molecule has 0 aliphatic carbocycles. The van der Waals surface area contributed by atoms with Crippen LogP contribution in [0.15, 0.2) is 54.6 Å². The molecule has 25 heavy (non-hydrogen) atoms. The number of aliphatic hydroxyl groups excluding tert-OH is 3. The van der Waals surface area contributed by atoms with Gasteiger partial charge in [-0.1, -0.05) is 54.1 Å². The minimum atomic E-state index is -1.88. The Bertz CT molecular complexity index is 714. The standard InChI is InChI=1S/C19H19ClO5/c20-14-8-6-13(7-9-14)11-16(22)18(24)19(25)17(23)15(21)10-12-4-2-1-3-5-12/h1-9,15-17,21-23H,10-11H2/t15?,16?,17-/m1/s1. The Morgan fingerprint density at radius 1 is 0.800 bits per heavy atom. The maximum Gasteiger partial charge on any atom is 0.232 e. The van der Waals surface area contributed by atoms with E-state index in [0.717, 1.165) is 5.56 Å². The van der Waals surface area contributed by atoms with Crippen LogP contribution < -0.4 is 0 Å². The minimum Gasteiger partial charge on any atom is -0.390 e. The number of benzene rings is 2. The summed E-state index contributed by atoms with van der Waals surface area (Å²) in [7, 11) is 0. The van der Waals surface area contributed by atoms with Crippen molar-refractivity contribution in [3.8, 4) is 0 Å². The Balaban J connectivity index is 1.95. The summed E-state index contributed by atoms with van der Waals surface area (Å²) in [5, 5.41) is 30.3. The van der Waals surface area contributed by atoms with Crippen molar-refractivity contribution in [3.05, 3.63) is 70.7 Å². The largest absolute Gasteiger partial charge is 0.390 e. The monoisotopic (exact) mass is 362 g/mol. The van der Waals surface area contributed by atoms with Gasteiger partial charge in [0.25, 0.3) is 0 Å². The molecular weight excluding hydrogens is 344 g/mol. The van der Waals surface area contributed by atoms with Crippen molar-refractivity contribution in [3.63, 3.8) is 0 Å². The number of carbonyl (C=O) groups is 2. The van der Waals surface area contributed by atoms with Crippen molar-refractivity contribution in [1.29, 1.82) is 0 Å². The molecule has 0 radical (unpaired) electrons. The van der Waals surface area contributed by atoms with Crippen molar-refractivity contribution in [2.45, 2.75) is 31.2 Å². The van der Waals surface area contributed by atoms with Crippen molar-refractivity contribution < 1.29 is 24.9 Å². The van der Waals surface area contributed by atoms with Gasteiger partial charge in [0.1, 0.15) is 12.2 Å². The molecule has 2 aromatic carbocycles. The summed E-state index contributed by atoms with van der Waals surface area (Å²) in [6, 6.07) is 15.3. The number of halogens is 1.